The standard InChI is InChI=1S/C15H29F3N2/c1-5-19-13(8-11-15(16,17)18)14(20(3)4)9-6-12(2)7-10-14/h12-13,19H,5-11H2,1-4H3. The molecule has 5 heteroatoms. The summed E-state index contributed by atoms with van der Waals surface area (Å²) < 4.78 is 37.7. The Morgan fingerprint density at radius 1 is 1.25 bits per heavy atom. The summed E-state index contributed by atoms with van der Waals surface area (Å²) in [5.74, 6) is 0.688. The van der Waals surface area contributed by atoms with Crippen LogP contribution in [0.15, 0.2) is 0 Å². The Labute approximate surface area is 121 Å². The minimum atomic E-state index is -4.07. The van der Waals surface area contributed by atoms with Crippen LogP contribution in [-0.4, -0.2) is 43.3 Å². The fourth-order valence-electron chi connectivity index (χ4n) is 3.48. The Morgan fingerprint density at radius 2 is 1.80 bits per heavy atom. The van der Waals surface area contributed by atoms with E-state index >= 15 is 0 Å². The molecule has 1 unspecified atom stereocenters. The van der Waals surface area contributed by atoms with E-state index in [0.717, 1.165) is 25.7 Å². The predicted molar refractivity (Wildman–Crippen MR) is 76.8 cm³/mol. The number of hydrogen-bond donors (Lipinski definition) is 1. The number of nitrogens with zero attached hydrogens (tertiary/aromatic N) is 1. The highest BCUT2D eigenvalue weighted by Crippen LogP contribution is 2.40. The molecule has 1 atom stereocenters. The molecule has 0 amide bonds. The molecule has 0 bridgehead atoms. The van der Waals surface area contributed by atoms with E-state index in [0.29, 0.717) is 12.5 Å². The molecule has 0 aromatic rings. The van der Waals surface area contributed by atoms with Gasteiger partial charge in [-0.1, -0.05) is 13.8 Å². The molecule has 0 aliphatic heterocycles. The molecule has 1 rings (SSSR count). The molecule has 1 aliphatic rings. The largest absolute Gasteiger partial charge is 0.389 e. The van der Waals surface area contributed by atoms with E-state index in [-0.39, 0.29) is 18.0 Å². The number of alkyl halides is 3. The normalized spacial score (nSPS) is 29.7. The van der Waals surface area contributed by atoms with Crippen LogP contribution in [0, 0.1) is 5.92 Å². The first-order valence-corrected chi connectivity index (χ1v) is 7.69. The van der Waals surface area contributed by atoms with Crippen molar-refractivity contribution >= 4 is 0 Å². The highest BCUT2D eigenvalue weighted by atomic mass is 19.4. The molecule has 1 aliphatic carbocycles. The van der Waals surface area contributed by atoms with Gasteiger partial charge in [0.15, 0.2) is 0 Å². The van der Waals surface area contributed by atoms with Gasteiger partial charge in [-0.25, -0.2) is 0 Å². The van der Waals surface area contributed by atoms with Gasteiger partial charge in [0.25, 0.3) is 0 Å². The van der Waals surface area contributed by atoms with Crippen LogP contribution in [0.25, 0.3) is 0 Å². The van der Waals surface area contributed by atoms with Crippen molar-refractivity contribution in [2.24, 2.45) is 5.92 Å². The Bertz CT molecular complexity index is 281. The Morgan fingerprint density at radius 3 is 2.20 bits per heavy atom. The molecule has 0 aromatic heterocycles. The van der Waals surface area contributed by atoms with Gasteiger partial charge in [-0.15, -0.1) is 0 Å². The second-order valence-electron chi connectivity index (χ2n) is 6.44. The molecule has 0 heterocycles. The SMILES string of the molecule is CCNC(CCC(F)(F)F)C1(N(C)C)CCC(C)CC1. The van der Waals surface area contributed by atoms with Crippen LogP contribution in [0.5, 0.6) is 0 Å². The van der Waals surface area contributed by atoms with Crippen molar-refractivity contribution < 1.29 is 13.2 Å². The van der Waals surface area contributed by atoms with E-state index in [9.17, 15) is 13.2 Å². The van der Waals surface area contributed by atoms with E-state index in [4.69, 9.17) is 0 Å². The van der Waals surface area contributed by atoms with Gasteiger partial charge in [0.1, 0.15) is 0 Å². The molecule has 1 fully saturated rings. The zero-order valence-corrected chi connectivity index (χ0v) is 13.2. The first-order valence-electron chi connectivity index (χ1n) is 7.69. The smallest absolute Gasteiger partial charge is 0.312 e. The predicted octanol–water partition coefficient (Wildman–Crippen LogP) is 3.82. The average Bonchev–Trinajstić information content (AvgIpc) is 2.34. The summed E-state index contributed by atoms with van der Waals surface area (Å²) in [7, 11) is 4.02. The van der Waals surface area contributed by atoms with Crippen LogP contribution in [-0.2, 0) is 0 Å². The fraction of sp³-hybridized carbons (Fsp3) is 1.00. The van der Waals surface area contributed by atoms with Gasteiger partial charge in [-0.3, -0.25) is 0 Å². The van der Waals surface area contributed by atoms with Crippen molar-refractivity contribution in [2.45, 2.75) is 70.1 Å². The van der Waals surface area contributed by atoms with Crippen LogP contribution in [0.4, 0.5) is 13.2 Å². The number of likely N-dealkylation sites (N-methyl/N-ethyl adjacent to an activating group) is 2. The molecule has 20 heavy (non-hydrogen) atoms. The lowest BCUT2D eigenvalue weighted by atomic mass is 9.71. The maximum atomic E-state index is 12.6. The zero-order valence-electron chi connectivity index (χ0n) is 13.2. The summed E-state index contributed by atoms with van der Waals surface area (Å²) in [5, 5.41) is 3.32. The zero-order chi connectivity index (χ0) is 15.4. The van der Waals surface area contributed by atoms with Gasteiger partial charge in [0.05, 0.1) is 0 Å². The quantitative estimate of drug-likeness (QED) is 0.801. The van der Waals surface area contributed by atoms with Gasteiger partial charge in [-0.05, 0) is 58.7 Å². The lowest BCUT2D eigenvalue weighted by molar-refractivity contribution is -0.139. The highest BCUT2D eigenvalue weighted by Gasteiger charge is 2.43. The minimum absolute atomic E-state index is 0.0865. The van der Waals surface area contributed by atoms with E-state index in [1.165, 1.54) is 0 Å². The molecule has 0 spiro atoms. The second kappa shape index (κ2) is 7.12. The number of nitrogens with one attached hydrogen (secondary N) is 1. The van der Waals surface area contributed by atoms with Gasteiger partial charge >= 0.3 is 6.18 Å². The first kappa shape index (κ1) is 17.8. The van der Waals surface area contributed by atoms with Crippen molar-refractivity contribution in [1.82, 2.24) is 10.2 Å². The fourth-order valence-corrected chi connectivity index (χ4v) is 3.48. The van der Waals surface area contributed by atoms with E-state index in [2.05, 4.69) is 17.1 Å². The number of halogens is 3. The Kier molecular flexibility index (Phi) is 6.32. The maximum Gasteiger partial charge on any atom is 0.389 e. The summed E-state index contributed by atoms with van der Waals surface area (Å²) >= 11 is 0. The molecule has 0 radical (unpaired) electrons. The van der Waals surface area contributed by atoms with Gasteiger partial charge in [-0.2, -0.15) is 13.2 Å². The van der Waals surface area contributed by atoms with E-state index < -0.39 is 12.6 Å². The Hall–Kier alpha value is -0.290. The first-order chi connectivity index (χ1) is 9.21. The van der Waals surface area contributed by atoms with Gasteiger partial charge < -0.3 is 10.2 Å². The van der Waals surface area contributed by atoms with Crippen LogP contribution < -0.4 is 5.32 Å². The minimum Gasteiger partial charge on any atom is -0.312 e. The molecule has 1 saturated carbocycles. The van der Waals surface area contributed by atoms with Crippen LogP contribution in [0.1, 0.15) is 52.4 Å². The molecule has 1 N–H and O–H groups in total. The summed E-state index contributed by atoms with van der Waals surface area (Å²) in [6.45, 7) is 4.92. The van der Waals surface area contributed by atoms with Crippen LogP contribution in [0.3, 0.4) is 0 Å². The molecule has 120 valence electrons. The molecular weight excluding hydrogens is 265 g/mol. The summed E-state index contributed by atoms with van der Waals surface area (Å²) in [5.41, 5.74) is -0.131. The lowest BCUT2D eigenvalue weighted by Crippen LogP contribution is -2.60. The lowest BCUT2D eigenvalue weighted by Gasteiger charge is -2.50. The summed E-state index contributed by atoms with van der Waals surface area (Å²) in [6.07, 6.45) is -0.422. The maximum absolute atomic E-state index is 12.6. The third-order valence-corrected chi connectivity index (χ3v) is 4.85. The summed E-state index contributed by atoms with van der Waals surface area (Å²) in [6, 6.07) is -0.0865. The Balaban J connectivity index is 2.83. The molecular formula is C15H29F3N2. The third-order valence-electron chi connectivity index (χ3n) is 4.85. The molecule has 2 nitrogen and oxygen atoms in total. The second-order valence-corrected chi connectivity index (χ2v) is 6.44. The molecule has 0 saturated heterocycles. The van der Waals surface area contributed by atoms with Crippen molar-refractivity contribution in [2.75, 3.05) is 20.6 Å². The van der Waals surface area contributed by atoms with E-state index in [1.54, 1.807) is 0 Å². The average molecular weight is 294 g/mol. The van der Waals surface area contributed by atoms with Gasteiger partial charge in [0, 0.05) is 18.0 Å². The van der Waals surface area contributed by atoms with Crippen molar-refractivity contribution in [3.63, 3.8) is 0 Å². The van der Waals surface area contributed by atoms with Crippen LogP contribution >= 0.6 is 0 Å². The van der Waals surface area contributed by atoms with Gasteiger partial charge in [0.2, 0.25) is 0 Å². The monoisotopic (exact) mass is 294 g/mol. The van der Waals surface area contributed by atoms with E-state index in [1.807, 2.05) is 21.0 Å². The van der Waals surface area contributed by atoms with Crippen molar-refractivity contribution in [3.05, 3.63) is 0 Å². The topological polar surface area (TPSA) is 15.3 Å². The number of hydrogen-bond acceptors (Lipinski definition) is 2. The van der Waals surface area contributed by atoms with Crippen molar-refractivity contribution in [1.29, 1.82) is 0 Å². The highest BCUT2D eigenvalue weighted by molar-refractivity contribution is 5.01. The third kappa shape index (κ3) is 4.62. The van der Waals surface area contributed by atoms with Crippen molar-refractivity contribution in [3.8, 4) is 0 Å². The van der Waals surface area contributed by atoms with Crippen LogP contribution in [0.2, 0.25) is 0 Å². The number of rotatable bonds is 6. The molecule has 0 aromatic carbocycles. The summed E-state index contributed by atoms with van der Waals surface area (Å²) in [4.78, 5) is 2.16.